The van der Waals surface area contributed by atoms with Gasteiger partial charge in [-0.1, -0.05) is 6.07 Å². The fourth-order valence-electron chi connectivity index (χ4n) is 3.62. The predicted octanol–water partition coefficient (Wildman–Crippen LogP) is 1.95. The molecule has 22 heavy (non-hydrogen) atoms. The first-order valence-electron chi connectivity index (χ1n) is 7.76. The molecule has 1 aromatic carbocycles. The van der Waals surface area contributed by atoms with Crippen molar-refractivity contribution in [2.75, 3.05) is 11.6 Å². The number of piperidine rings is 1. The van der Waals surface area contributed by atoms with Crippen molar-refractivity contribution in [1.29, 1.82) is 0 Å². The highest BCUT2D eigenvalue weighted by Gasteiger charge is 2.34. The van der Waals surface area contributed by atoms with Crippen molar-refractivity contribution in [3.8, 4) is 0 Å². The molecule has 1 amide bonds. The van der Waals surface area contributed by atoms with Crippen molar-refractivity contribution in [3.63, 3.8) is 0 Å². The second kappa shape index (κ2) is 6.01. The molecule has 2 unspecified atom stereocenters. The zero-order valence-electron chi connectivity index (χ0n) is 12.7. The standard InChI is InChI=1S/C16H22N2O3S/c1-22(20,21)15-4-2-3-12(10-15)18-16(19)9-11-7-13-5-6-14(8-11)17-13/h2-4,10-11,13-14,17H,5-9H2,1H3,(H,18,19). The van der Waals surface area contributed by atoms with E-state index in [0.29, 0.717) is 30.1 Å². The molecule has 0 aromatic heterocycles. The minimum atomic E-state index is -3.25. The van der Waals surface area contributed by atoms with E-state index >= 15 is 0 Å². The average Bonchev–Trinajstić information content (AvgIpc) is 2.77. The minimum Gasteiger partial charge on any atom is -0.326 e. The van der Waals surface area contributed by atoms with Crippen LogP contribution in [0, 0.1) is 5.92 Å². The van der Waals surface area contributed by atoms with Crippen LogP contribution in [0.15, 0.2) is 29.2 Å². The first kappa shape index (κ1) is 15.5. The Kier molecular flexibility index (Phi) is 4.23. The molecule has 2 aliphatic rings. The molecule has 2 fully saturated rings. The van der Waals surface area contributed by atoms with Gasteiger partial charge in [-0.25, -0.2) is 8.42 Å². The van der Waals surface area contributed by atoms with Crippen LogP contribution in [0.3, 0.4) is 0 Å². The monoisotopic (exact) mass is 322 g/mol. The van der Waals surface area contributed by atoms with E-state index in [9.17, 15) is 13.2 Å². The van der Waals surface area contributed by atoms with Gasteiger partial charge in [0.25, 0.3) is 0 Å². The Balaban J connectivity index is 1.60. The second-order valence-electron chi connectivity index (χ2n) is 6.53. The molecule has 2 bridgehead atoms. The Labute approximate surface area is 131 Å². The van der Waals surface area contributed by atoms with Gasteiger partial charge in [-0.15, -0.1) is 0 Å². The molecule has 2 heterocycles. The number of anilines is 1. The molecule has 1 aromatic rings. The van der Waals surface area contributed by atoms with Gasteiger partial charge in [0.1, 0.15) is 0 Å². The number of sulfone groups is 1. The summed E-state index contributed by atoms with van der Waals surface area (Å²) in [6.07, 6.45) is 6.25. The molecule has 2 aliphatic heterocycles. The average molecular weight is 322 g/mol. The third kappa shape index (κ3) is 3.67. The molecule has 120 valence electrons. The van der Waals surface area contributed by atoms with E-state index in [1.807, 2.05) is 0 Å². The fraction of sp³-hybridized carbons (Fsp3) is 0.562. The molecule has 0 saturated carbocycles. The third-order valence-corrected chi connectivity index (χ3v) is 5.70. The van der Waals surface area contributed by atoms with Crippen LogP contribution in [-0.2, 0) is 14.6 Å². The van der Waals surface area contributed by atoms with Gasteiger partial charge in [-0.05, 0) is 49.8 Å². The van der Waals surface area contributed by atoms with Crippen LogP contribution in [0.25, 0.3) is 0 Å². The Hall–Kier alpha value is -1.40. The maximum Gasteiger partial charge on any atom is 0.224 e. The van der Waals surface area contributed by atoms with Crippen LogP contribution in [0.1, 0.15) is 32.1 Å². The molecule has 3 rings (SSSR count). The summed E-state index contributed by atoms with van der Waals surface area (Å²) >= 11 is 0. The van der Waals surface area contributed by atoms with Crippen molar-refractivity contribution in [1.82, 2.24) is 5.32 Å². The highest BCUT2D eigenvalue weighted by molar-refractivity contribution is 7.90. The summed E-state index contributed by atoms with van der Waals surface area (Å²) in [7, 11) is -3.25. The summed E-state index contributed by atoms with van der Waals surface area (Å²) in [5, 5.41) is 6.40. The Morgan fingerprint density at radius 3 is 2.59 bits per heavy atom. The maximum absolute atomic E-state index is 12.2. The predicted molar refractivity (Wildman–Crippen MR) is 85.5 cm³/mol. The lowest BCUT2D eigenvalue weighted by Crippen LogP contribution is -2.39. The summed E-state index contributed by atoms with van der Waals surface area (Å²) in [4.78, 5) is 12.4. The molecule has 2 atom stereocenters. The number of hydrogen-bond acceptors (Lipinski definition) is 4. The molecular weight excluding hydrogens is 300 g/mol. The number of nitrogens with one attached hydrogen (secondary N) is 2. The van der Waals surface area contributed by atoms with E-state index in [1.165, 1.54) is 31.2 Å². The molecule has 2 N–H and O–H groups in total. The van der Waals surface area contributed by atoms with Gasteiger partial charge in [-0.3, -0.25) is 4.79 Å². The van der Waals surface area contributed by atoms with Crippen LogP contribution in [0.2, 0.25) is 0 Å². The number of carbonyl (C=O) groups is 1. The number of carbonyl (C=O) groups excluding carboxylic acids is 1. The van der Waals surface area contributed by atoms with E-state index in [4.69, 9.17) is 0 Å². The smallest absolute Gasteiger partial charge is 0.224 e. The molecule has 0 radical (unpaired) electrons. The molecule has 2 saturated heterocycles. The highest BCUT2D eigenvalue weighted by atomic mass is 32.2. The van der Waals surface area contributed by atoms with Gasteiger partial charge >= 0.3 is 0 Å². The largest absolute Gasteiger partial charge is 0.326 e. The zero-order valence-corrected chi connectivity index (χ0v) is 13.5. The Bertz CT molecular complexity index is 660. The minimum absolute atomic E-state index is 0.0306. The topological polar surface area (TPSA) is 75.3 Å². The first-order valence-corrected chi connectivity index (χ1v) is 9.65. The number of hydrogen-bond donors (Lipinski definition) is 2. The van der Waals surface area contributed by atoms with Crippen molar-refractivity contribution in [2.45, 2.75) is 49.1 Å². The van der Waals surface area contributed by atoms with Gasteiger partial charge in [0.2, 0.25) is 5.91 Å². The quantitative estimate of drug-likeness (QED) is 0.888. The third-order valence-electron chi connectivity index (χ3n) is 4.59. The van der Waals surface area contributed by atoms with Gasteiger partial charge in [0.15, 0.2) is 9.84 Å². The number of fused-ring (bicyclic) bond motifs is 2. The lowest BCUT2D eigenvalue weighted by molar-refractivity contribution is -0.117. The van der Waals surface area contributed by atoms with Crippen LogP contribution in [-0.4, -0.2) is 32.7 Å². The fourth-order valence-corrected chi connectivity index (χ4v) is 4.29. The molecule has 0 spiro atoms. The van der Waals surface area contributed by atoms with Crippen molar-refractivity contribution in [2.24, 2.45) is 5.92 Å². The molecule has 0 aliphatic carbocycles. The highest BCUT2D eigenvalue weighted by Crippen LogP contribution is 2.32. The van der Waals surface area contributed by atoms with Crippen LogP contribution in [0.4, 0.5) is 5.69 Å². The van der Waals surface area contributed by atoms with Crippen molar-refractivity contribution in [3.05, 3.63) is 24.3 Å². The Morgan fingerprint density at radius 2 is 1.95 bits per heavy atom. The molecule has 5 nitrogen and oxygen atoms in total. The van der Waals surface area contributed by atoms with E-state index in [2.05, 4.69) is 10.6 Å². The van der Waals surface area contributed by atoms with Gasteiger partial charge in [0.05, 0.1) is 4.90 Å². The van der Waals surface area contributed by atoms with Gasteiger partial charge in [-0.2, -0.15) is 0 Å². The summed E-state index contributed by atoms with van der Waals surface area (Å²) in [5.74, 6) is 0.397. The van der Waals surface area contributed by atoms with E-state index in [1.54, 1.807) is 12.1 Å². The van der Waals surface area contributed by atoms with Gasteiger partial charge < -0.3 is 10.6 Å². The molecule has 6 heteroatoms. The summed E-state index contributed by atoms with van der Waals surface area (Å²) < 4.78 is 23.1. The second-order valence-corrected chi connectivity index (χ2v) is 8.54. The zero-order chi connectivity index (χ0) is 15.7. The maximum atomic E-state index is 12.2. The van der Waals surface area contributed by atoms with Crippen LogP contribution < -0.4 is 10.6 Å². The number of benzene rings is 1. The van der Waals surface area contributed by atoms with Crippen molar-refractivity contribution < 1.29 is 13.2 Å². The lowest BCUT2D eigenvalue weighted by atomic mass is 9.89. The van der Waals surface area contributed by atoms with E-state index in [-0.39, 0.29) is 10.8 Å². The molecular formula is C16H22N2O3S. The van der Waals surface area contributed by atoms with Crippen LogP contribution in [0.5, 0.6) is 0 Å². The summed E-state index contributed by atoms with van der Waals surface area (Å²) in [6, 6.07) is 7.57. The Morgan fingerprint density at radius 1 is 1.27 bits per heavy atom. The number of amides is 1. The van der Waals surface area contributed by atoms with Gasteiger partial charge in [0, 0.05) is 30.4 Å². The lowest BCUT2D eigenvalue weighted by Gasteiger charge is -2.28. The number of rotatable bonds is 4. The summed E-state index contributed by atoms with van der Waals surface area (Å²) in [6.45, 7) is 0. The first-order chi connectivity index (χ1) is 10.4. The summed E-state index contributed by atoms with van der Waals surface area (Å²) in [5.41, 5.74) is 0.546. The van der Waals surface area contributed by atoms with E-state index in [0.717, 1.165) is 12.8 Å². The normalized spacial score (nSPS) is 27.6. The van der Waals surface area contributed by atoms with Crippen LogP contribution >= 0.6 is 0 Å². The van der Waals surface area contributed by atoms with Crippen molar-refractivity contribution >= 4 is 21.4 Å². The van der Waals surface area contributed by atoms with E-state index < -0.39 is 9.84 Å². The SMILES string of the molecule is CS(=O)(=O)c1cccc(NC(=O)CC2CC3CCC(C2)N3)c1.